The third kappa shape index (κ3) is 1.87. The predicted molar refractivity (Wildman–Crippen MR) is 60.7 cm³/mol. The summed E-state index contributed by atoms with van der Waals surface area (Å²) < 4.78 is 11.3. The minimum absolute atomic E-state index is 0.542. The van der Waals surface area contributed by atoms with E-state index < -0.39 is 5.79 Å². The Morgan fingerprint density at radius 1 is 1.20 bits per heavy atom. The van der Waals surface area contributed by atoms with Crippen molar-refractivity contribution in [2.45, 2.75) is 33.5 Å². The Labute approximate surface area is 90.4 Å². The minimum atomic E-state index is -0.542. The van der Waals surface area contributed by atoms with Crippen LogP contribution < -0.4 is 14.8 Å². The van der Waals surface area contributed by atoms with E-state index in [1.165, 1.54) is 5.56 Å². The van der Waals surface area contributed by atoms with Crippen LogP contribution in [0.2, 0.25) is 0 Å². The third-order valence-electron chi connectivity index (χ3n) is 2.37. The highest BCUT2D eigenvalue weighted by Crippen LogP contribution is 2.42. The van der Waals surface area contributed by atoms with Gasteiger partial charge in [0.05, 0.1) is 0 Å². The van der Waals surface area contributed by atoms with Crippen LogP contribution >= 0.6 is 0 Å². The van der Waals surface area contributed by atoms with Crippen LogP contribution in [-0.4, -0.2) is 12.3 Å². The topological polar surface area (TPSA) is 30.5 Å². The molecule has 1 aliphatic rings. The van der Waals surface area contributed by atoms with Crippen LogP contribution in [0.15, 0.2) is 12.1 Å². The van der Waals surface area contributed by atoms with Gasteiger partial charge in [0.15, 0.2) is 11.5 Å². The van der Waals surface area contributed by atoms with Crippen LogP contribution in [0.3, 0.4) is 0 Å². The SMILES string of the molecule is CCNc1cc2c(cc1C)OC(C)(C)O2. The van der Waals surface area contributed by atoms with Crippen molar-refractivity contribution in [2.75, 3.05) is 11.9 Å². The molecule has 3 nitrogen and oxygen atoms in total. The summed E-state index contributed by atoms with van der Waals surface area (Å²) in [5.74, 6) is 1.11. The van der Waals surface area contributed by atoms with Gasteiger partial charge in [-0.1, -0.05) is 0 Å². The van der Waals surface area contributed by atoms with Crippen LogP contribution in [0.4, 0.5) is 5.69 Å². The Bertz CT molecular complexity index is 385. The molecule has 0 bridgehead atoms. The summed E-state index contributed by atoms with van der Waals surface area (Å²) in [5, 5.41) is 3.30. The fourth-order valence-corrected chi connectivity index (χ4v) is 1.75. The normalized spacial score (nSPS) is 16.5. The molecule has 0 atom stereocenters. The molecule has 0 spiro atoms. The van der Waals surface area contributed by atoms with Crippen molar-refractivity contribution in [1.29, 1.82) is 0 Å². The summed E-state index contributed by atoms with van der Waals surface area (Å²) in [5.41, 5.74) is 2.29. The molecule has 1 N–H and O–H groups in total. The van der Waals surface area contributed by atoms with Crippen molar-refractivity contribution in [2.24, 2.45) is 0 Å². The fourth-order valence-electron chi connectivity index (χ4n) is 1.75. The standard InChI is InChI=1S/C12H17NO2/c1-5-13-9-7-11-10(6-8(9)2)14-12(3,4)15-11/h6-7,13H,5H2,1-4H3. The second-order valence-electron chi connectivity index (χ2n) is 4.25. The molecule has 1 aromatic carbocycles. The van der Waals surface area contributed by atoms with Gasteiger partial charge in [-0.15, -0.1) is 0 Å². The van der Waals surface area contributed by atoms with Gasteiger partial charge in [-0.2, -0.15) is 0 Å². The second kappa shape index (κ2) is 3.33. The van der Waals surface area contributed by atoms with Gasteiger partial charge >= 0.3 is 0 Å². The highest BCUT2D eigenvalue weighted by atomic mass is 16.7. The fraction of sp³-hybridized carbons (Fsp3) is 0.500. The summed E-state index contributed by atoms with van der Waals surface area (Å²) in [6.07, 6.45) is 0. The first-order valence-electron chi connectivity index (χ1n) is 5.28. The Hall–Kier alpha value is -1.38. The largest absolute Gasteiger partial charge is 0.449 e. The molecule has 1 aromatic rings. The Morgan fingerprint density at radius 3 is 2.40 bits per heavy atom. The average Bonchev–Trinajstić information content (AvgIpc) is 2.39. The summed E-state index contributed by atoms with van der Waals surface area (Å²) in [6, 6.07) is 4.02. The lowest BCUT2D eigenvalue weighted by atomic mass is 10.2. The van der Waals surface area contributed by atoms with E-state index in [2.05, 4.69) is 19.2 Å². The van der Waals surface area contributed by atoms with Gasteiger partial charge < -0.3 is 14.8 Å². The lowest BCUT2D eigenvalue weighted by Crippen LogP contribution is -2.29. The quantitative estimate of drug-likeness (QED) is 0.808. The second-order valence-corrected chi connectivity index (χ2v) is 4.25. The van der Waals surface area contributed by atoms with Gasteiger partial charge in [0, 0.05) is 32.1 Å². The van der Waals surface area contributed by atoms with E-state index in [0.29, 0.717) is 0 Å². The number of hydrogen-bond donors (Lipinski definition) is 1. The van der Waals surface area contributed by atoms with Crippen LogP contribution in [-0.2, 0) is 0 Å². The molecule has 1 aliphatic heterocycles. The van der Waals surface area contributed by atoms with E-state index in [1.54, 1.807) is 0 Å². The highest BCUT2D eigenvalue weighted by molar-refractivity contribution is 5.61. The number of aryl methyl sites for hydroxylation is 1. The van der Waals surface area contributed by atoms with Gasteiger partial charge in [0.1, 0.15) is 0 Å². The highest BCUT2D eigenvalue weighted by Gasteiger charge is 2.32. The van der Waals surface area contributed by atoms with Gasteiger partial charge in [0.2, 0.25) is 5.79 Å². The van der Waals surface area contributed by atoms with Gasteiger partial charge in [-0.05, 0) is 25.5 Å². The summed E-state index contributed by atoms with van der Waals surface area (Å²) in [6.45, 7) is 8.87. The number of nitrogens with one attached hydrogen (secondary N) is 1. The zero-order valence-corrected chi connectivity index (χ0v) is 9.68. The Balaban J connectivity index is 2.36. The smallest absolute Gasteiger partial charge is 0.246 e. The Kier molecular flexibility index (Phi) is 2.25. The molecule has 15 heavy (non-hydrogen) atoms. The number of fused-ring (bicyclic) bond motifs is 1. The van der Waals surface area contributed by atoms with E-state index in [0.717, 1.165) is 23.7 Å². The zero-order chi connectivity index (χ0) is 11.1. The number of anilines is 1. The molecule has 0 aliphatic carbocycles. The monoisotopic (exact) mass is 207 g/mol. The van der Waals surface area contributed by atoms with Crippen molar-refractivity contribution < 1.29 is 9.47 Å². The molecule has 0 aromatic heterocycles. The summed E-state index contributed by atoms with van der Waals surface area (Å²) in [4.78, 5) is 0. The van der Waals surface area contributed by atoms with Crippen LogP contribution in [0, 0.1) is 6.92 Å². The van der Waals surface area contributed by atoms with Crippen LogP contribution in [0.5, 0.6) is 11.5 Å². The molecule has 3 heteroatoms. The van der Waals surface area contributed by atoms with Crippen molar-refractivity contribution >= 4 is 5.69 Å². The van der Waals surface area contributed by atoms with E-state index in [9.17, 15) is 0 Å². The average molecular weight is 207 g/mol. The van der Waals surface area contributed by atoms with Crippen molar-refractivity contribution in [3.05, 3.63) is 17.7 Å². The minimum Gasteiger partial charge on any atom is -0.449 e. The first kappa shape index (κ1) is 10.1. The lowest BCUT2D eigenvalue weighted by molar-refractivity contribution is -0.0431. The van der Waals surface area contributed by atoms with E-state index in [-0.39, 0.29) is 0 Å². The summed E-state index contributed by atoms with van der Waals surface area (Å²) in [7, 11) is 0. The number of rotatable bonds is 2. The lowest BCUT2D eigenvalue weighted by Gasteiger charge is -2.16. The number of hydrogen-bond acceptors (Lipinski definition) is 3. The number of ether oxygens (including phenoxy) is 2. The molecular weight excluding hydrogens is 190 g/mol. The molecule has 0 amide bonds. The first-order valence-corrected chi connectivity index (χ1v) is 5.28. The van der Waals surface area contributed by atoms with Gasteiger partial charge in [-0.25, -0.2) is 0 Å². The Morgan fingerprint density at radius 2 is 1.80 bits per heavy atom. The number of benzene rings is 1. The van der Waals surface area contributed by atoms with E-state index >= 15 is 0 Å². The molecule has 0 fully saturated rings. The van der Waals surface area contributed by atoms with Gasteiger partial charge in [-0.3, -0.25) is 0 Å². The van der Waals surface area contributed by atoms with Gasteiger partial charge in [0.25, 0.3) is 0 Å². The van der Waals surface area contributed by atoms with Crippen molar-refractivity contribution in [1.82, 2.24) is 0 Å². The van der Waals surface area contributed by atoms with Crippen molar-refractivity contribution in [3.8, 4) is 11.5 Å². The maximum absolute atomic E-state index is 5.67. The maximum Gasteiger partial charge on any atom is 0.246 e. The first-order chi connectivity index (χ1) is 7.02. The maximum atomic E-state index is 5.67. The predicted octanol–water partition coefficient (Wildman–Crippen LogP) is 2.93. The molecule has 2 rings (SSSR count). The molecule has 0 radical (unpaired) electrons. The van der Waals surface area contributed by atoms with Crippen molar-refractivity contribution in [3.63, 3.8) is 0 Å². The molecule has 0 saturated carbocycles. The van der Waals surface area contributed by atoms with E-state index in [1.807, 2.05) is 26.0 Å². The molecule has 0 unspecified atom stereocenters. The van der Waals surface area contributed by atoms with Crippen LogP contribution in [0.25, 0.3) is 0 Å². The molecule has 82 valence electrons. The summed E-state index contributed by atoms with van der Waals surface area (Å²) >= 11 is 0. The zero-order valence-electron chi connectivity index (χ0n) is 9.68. The molecular formula is C12H17NO2. The van der Waals surface area contributed by atoms with Crippen LogP contribution in [0.1, 0.15) is 26.3 Å². The molecule has 1 heterocycles. The third-order valence-corrected chi connectivity index (χ3v) is 2.37. The molecule has 0 saturated heterocycles. The van der Waals surface area contributed by atoms with E-state index in [4.69, 9.17) is 9.47 Å².